The van der Waals surface area contributed by atoms with Crippen molar-refractivity contribution >= 4 is 15.8 Å². The molecule has 1 N–H and O–H groups in total. The third-order valence-electron chi connectivity index (χ3n) is 3.32. The zero-order valence-electron chi connectivity index (χ0n) is 11.5. The molecule has 0 saturated carbocycles. The van der Waals surface area contributed by atoms with Crippen LogP contribution in [0.3, 0.4) is 0 Å². The number of rotatable bonds is 4. The third-order valence-corrected chi connectivity index (χ3v) is 5.98. The lowest BCUT2D eigenvalue weighted by Gasteiger charge is -2.43. The van der Waals surface area contributed by atoms with Gasteiger partial charge < -0.3 is 10.1 Å². The van der Waals surface area contributed by atoms with Gasteiger partial charge in [0.15, 0.2) is 9.84 Å². The van der Waals surface area contributed by atoms with Crippen molar-refractivity contribution in [1.29, 1.82) is 0 Å². The van der Waals surface area contributed by atoms with Gasteiger partial charge in [-0.3, -0.25) is 0 Å². The number of hydrogen-bond donors (Lipinski definition) is 1. The van der Waals surface area contributed by atoms with Crippen LogP contribution in [0.2, 0.25) is 0 Å². The van der Waals surface area contributed by atoms with E-state index in [1.54, 1.807) is 26.1 Å². The van der Waals surface area contributed by atoms with E-state index in [4.69, 9.17) is 4.74 Å². The second-order valence-corrected chi connectivity index (χ2v) is 8.08. The lowest BCUT2D eigenvalue weighted by Crippen LogP contribution is -2.63. The molecule has 0 spiro atoms. The van der Waals surface area contributed by atoms with Crippen LogP contribution in [0, 0.1) is 0 Å². The van der Waals surface area contributed by atoms with Gasteiger partial charge in [-0.05, 0) is 27.7 Å². The maximum Gasteiger partial charge on any atom is 0.226 e. The Kier molecular flexibility index (Phi) is 3.42. The Balaban J connectivity index is 2.09. The van der Waals surface area contributed by atoms with Crippen LogP contribution in [0.25, 0.3) is 0 Å². The summed E-state index contributed by atoms with van der Waals surface area (Å²) in [5, 5.41) is 3.06. The Bertz CT molecular complexity index is 569. The van der Waals surface area contributed by atoms with Crippen LogP contribution < -0.4 is 10.1 Å². The molecule has 1 unspecified atom stereocenters. The summed E-state index contributed by atoms with van der Waals surface area (Å²) in [5.41, 5.74) is 0. The summed E-state index contributed by atoms with van der Waals surface area (Å²) in [4.78, 5) is 8.29. The predicted molar refractivity (Wildman–Crippen MR) is 73.1 cm³/mol. The van der Waals surface area contributed by atoms with E-state index in [2.05, 4.69) is 15.3 Å². The van der Waals surface area contributed by atoms with Gasteiger partial charge in [0.25, 0.3) is 0 Å². The van der Waals surface area contributed by atoms with Gasteiger partial charge >= 0.3 is 0 Å². The van der Waals surface area contributed by atoms with Gasteiger partial charge in [-0.25, -0.2) is 13.4 Å². The highest BCUT2D eigenvalue weighted by molar-refractivity contribution is 7.94. The average Bonchev–Trinajstić information content (AvgIpc) is 2.27. The molecule has 0 radical (unpaired) electrons. The van der Waals surface area contributed by atoms with Crippen LogP contribution in [0.5, 0.6) is 5.88 Å². The first kappa shape index (κ1) is 14.0. The quantitative estimate of drug-likeness (QED) is 0.896. The van der Waals surface area contributed by atoms with Crippen LogP contribution in [0.15, 0.2) is 12.3 Å². The summed E-state index contributed by atoms with van der Waals surface area (Å²) in [7, 11) is -3.01. The molecule has 0 aromatic carbocycles. The molecule has 2 heterocycles. The first-order chi connectivity index (χ1) is 8.72. The van der Waals surface area contributed by atoms with Gasteiger partial charge in [-0.2, -0.15) is 4.98 Å². The van der Waals surface area contributed by atoms with E-state index >= 15 is 0 Å². The molecule has 1 aromatic rings. The lowest BCUT2D eigenvalue weighted by atomic mass is 10.0. The van der Waals surface area contributed by atoms with Crippen molar-refractivity contribution in [1.82, 2.24) is 9.97 Å². The third kappa shape index (κ3) is 2.65. The van der Waals surface area contributed by atoms with E-state index in [1.165, 1.54) is 0 Å². The summed E-state index contributed by atoms with van der Waals surface area (Å²) in [6, 6.07) is 1.50. The summed E-state index contributed by atoms with van der Waals surface area (Å²) >= 11 is 0. The van der Waals surface area contributed by atoms with E-state index in [-0.39, 0.29) is 17.9 Å². The molecule has 1 atom stereocenters. The van der Waals surface area contributed by atoms with E-state index in [1.807, 2.05) is 13.8 Å². The summed E-state index contributed by atoms with van der Waals surface area (Å²) < 4.78 is 28.0. The molecule has 7 heteroatoms. The van der Waals surface area contributed by atoms with Crippen molar-refractivity contribution in [2.45, 2.75) is 44.6 Å². The molecule has 106 valence electrons. The molecule has 6 nitrogen and oxygen atoms in total. The molecule has 1 saturated heterocycles. The fourth-order valence-electron chi connectivity index (χ4n) is 1.84. The maximum atomic E-state index is 11.6. The highest BCUT2D eigenvalue weighted by atomic mass is 32.2. The van der Waals surface area contributed by atoms with Crippen molar-refractivity contribution in [3.05, 3.63) is 12.3 Å². The van der Waals surface area contributed by atoms with Crippen LogP contribution in [-0.4, -0.2) is 41.0 Å². The largest absolute Gasteiger partial charge is 0.475 e. The minimum Gasteiger partial charge on any atom is -0.475 e. The fourth-order valence-corrected chi connectivity index (χ4v) is 3.49. The van der Waals surface area contributed by atoms with E-state index < -0.39 is 14.6 Å². The van der Waals surface area contributed by atoms with Gasteiger partial charge in [-0.1, -0.05) is 0 Å². The maximum absolute atomic E-state index is 11.6. The van der Waals surface area contributed by atoms with Crippen LogP contribution in [0.1, 0.15) is 27.7 Å². The van der Waals surface area contributed by atoms with Crippen LogP contribution in [-0.2, 0) is 9.84 Å². The van der Waals surface area contributed by atoms with Gasteiger partial charge in [-0.15, -0.1) is 0 Å². The zero-order chi connectivity index (χ0) is 14.3. The Hall–Kier alpha value is -1.37. The van der Waals surface area contributed by atoms with Crippen LogP contribution in [0.4, 0.5) is 5.95 Å². The molecular formula is C12H19N3O3S. The number of ether oxygens (including phenoxy) is 1. The zero-order valence-corrected chi connectivity index (χ0v) is 12.4. The van der Waals surface area contributed by atoms with Crippen molar-refractivity contribution < 1.29 is 13.2 Å². The van der Waals surface area contributed by atoms with E-state index in [0.717, 1.165) is 0 Å². The van der Waals surface area contributed by atoms with Crippen molar-refractivity contribution in [2.24, 2.45) is 0 Å². The van der Waals surface area contributed by atoms with E-state index in [9.17, 15) is 8.42 Å². The van der Waals surface area contributed by atoms with Crippen molar-refractivity contribution in [2.75, 3.05) is 11.1 Å². The number of aromatic nitrogens is 2. The molecule has 0 amide bonds. The van der Waals surface area contributed by atoms with E-state index in [0.29, 0.717) is 11.8 Å². The molecule has 19 heavy (non-hydrogen) atoms. The van der Waals surface area contributed by atoms with Gasteiger partial charge in [0.1, 0.15) is 0 Å². The number of sulfone groups is 1. The average molecular weight is 285 g/mol. The fraction of sp³-hybridized carbons (Fsp3) is 0.667. The van der Waals surface area contributed by atoms with Gasteiger partial charge in [0.2, 0.25) is 11.8 Å². The number of nitrogens with one attached hydrogen (secondary N) is 1. The molecular weight excluding hydrogens is 266 g/mol. The first-order valence-electron chi connectivity index (χ1n) is 6.21. The Morgan fingerprint density at radius 2 is 2.16 bits per heavy atom. The Morgan fingerprint density at radius 1 is 1.47 bits per heavy atom. The molecule has 0 aliphatic carbocycles. The van der Waals surface area contributed by atoms with Gasteiger partial charge in [0, 0.05) is 12.3 Å². The Morgan fingerprint density at radius 3 is 2.68 bits per heavy atom. The molecule has 1 aliphatic heterocycles. The van der Waals surface area contributed by atoms with Gasteiger partial charge in [0.05, 0.1) is 22.6 Å². The standard InChI is InChI=1S/C12H19N3O3S/c1-8(2)18-10-5-6-13-11(15-10)14-9-7-19(16,17)12(9,3)4/h5-6,8-9H,7H2,1-4H3,(H,13,14,15). The van der Waals surface area contributed by atoms with Crippen LogP contribution >= 0.6 is 0 Å². The second-order valence-electron chi connectivity index (χ2n) is 5.47. The molecule has 1 aromatic heterocycles. The monoisotopic (exact) mass is 285 g/mol. The summed E-state index contributed by atoms with van der Waals surface area (Å²) in [6.07, 6.45) is 1.62. The van der Waals surface area contributed by atoms with Crippen molar-refractivity contribution in [3.63, 3.8) is 0 Å². The summed E-state index contributed by atoms with van der Waals surface area (Å²) in [6.45, 7) is 7.24. The van der Waals surface area contributed by atoms with Crippen molar-refractivity contribution in [3.8, 4) is 5.88 Å². The number of anilines is 1. The molecule has 0 bridgehead atoms. The second kappa shape index (κ2) is 4.63. The topological polar surface area (TPSA) is 81.2 Å². The SMILES string of the molecule is CC(C)Oc1ccnc(NC2CS(=O)(=O)C2(C)C)n1. The molecule has 1 fully saturated rings. The highest BCUT2D eigenvalue weighted by Gasteiger charge is 2.53. The minimum atomic E-state index is -3.01. The molecule has 1 aliphatic rings. The summed E-state index contributed by atoms with van der Waals surface area (Å²) in [5.74, 6) is 0.983. The predicted octanol–water partition coefficient (Wildman–Crippen LogP) is 1.25. The number of hydrogen-bond acceptors (Lipinski definition) is 6. The highest BCUT2D eigenvalue weighted by Crippen LogP contribution is 2.35. The first-order valence-corrected chi connectivity index (χ1v) is 7.86. The molecule has 2 rings (SSSR count). The smallest absolute Gasteiger partial charge is 0.226 e. The lowest BCUT2D eigenvalue weighted by molar-refractivity contribution is 0.232. The Labute approximate surface area is 113 Å². The normalized spacial score (nSPS) is 23.7. The number of nitrogens with zero attached hydrogens (tertiary/aromatic N) is 2. The minimum absolute atomic E-state index is 0.0308.